The summed E-state index contributed by atoms with van der Waals surface area (Å²) in [7, 11) is 0. The van der Waals surface area contributed by atoms with Crippen LogP contribution in [0.3, 0.4) is 0 Å². The van der Waals surface area contributed by atoms with Gasteiger partial charge in [0.1, 0.15) is 5.82 Å². The van der Waals surface area contributed by atoms with Crippen LogP contribution < -0.4 is 10.2 Å². The molecular weight excluding hydrogens is 265 g/mol. The van der Waals surface area contributed by atoms with Crippen LogP contribution in [0.5, 0.6) is 0 Å². The Balaban J connectivity index is 1.54. The Labute approximate surface area is 127 Å². The van der Waals surface area contributed by atoms with Gasteiger partial charge in [0.25, 0.3) is 0 Å². The predicted molar refractivity (Wildman–Crippen MR) is 85.3 cm³/mol. The van der Waals surface area contributed by atoms with E-state index >= 15 is 0 Å². The standard InChI is InChI=1S/C17H26FN3/c1-2-17(8-3-9-19-17)14-20-10-12-21(13-11-20)16-6-4-15(18)5-7-16/h4-7,19H,2-3,8-14H2,1H3. The molecule has 0 aliphatic carbocycles. The summed E-state index contributed by atoms with van der Waals surface area (Å²) in [6, 6.07) is 6.88. The van der Waals surface area contributed by atoms with Crippen molar-refractivity contribution in [3.63, 3.8) is 0 Å². The fraction of sp³-hybridized carbons (Fsp3) is 0.647. The van der Waals surface area contributed by atoms with Crippen molar-refractivity contribution in [2.24, 2.45) is 0 Å². The van der Waals surface area contributed by atoms with Crippen LogP contribution in [0.1, 0.15) is 26.2 Å². The Bertz CT molecular complexity index is 446. The van der Waals surface area contributed by atoms with Crippen molar-refractivity contribution in [2.75, 3.05) is 44.2 Å². The molecule has 4 heteroatoms. The molecule has 1 N–H and O–H groups in total. The molecule has 3 nitrogen and oxygen atoms in total. The molecule has 1 aromatic rings. The van der Waals surface area contributed by atoms with Gasteiger partial charge in [-0.3, -0.25) is 4.90 Å². The Kier molecular flexibility index (Phi) is 4.45. The van der Waals surface area contributed by atoms with Crippen LogP contribution in [0.15, 0.2) is 24.3 Å². The van der Waals surface area contributed by atoms with Crippen molar-refractivity contribution < 1.29 is 4.39 Å². The molecule has 0 aromatic heterocycles. The highest BCUT2D eigenvalue weighted by atomic mass is 19.1. The van der Waals surface area contributed by atoms with Crippen molar-refractivity contribution in [3.05, 3.63) is 30.1 Å². The summed E-state index contributed by atoms with van der Waals surface area (Å²) in [6.45, 7) is 8.90. The first kappa shape index (κ1) is 14.8. The van der Waals surface area contributed by atoms with Crippen LogP contribution in [-0.4, -0.2) is 49.7 Å². The summed E-state index contributed by atoms with van der Waals surface area (Å²) < 4.78 is 13.0. The minimum atomic E-state index is -0.158. The van der Waals surface area contributed by atoms with E-state index in [4.69, 9.17) is 0 Å². The van der Waals surface area contributed by atoms with Crippen LogP contribution in [0.4, 0.5) is 10.1 Å². The molecule has 0 spiro atoms. The largest absolute Gasteiger partial charge is 0.369 e. The van der Waals surface area contributed by atoms with E-state index in [9.17, 15) is 4.39 Å². The number of nitrogens with one attached hydrogen (secondary N) is 1. The van der Waals surface area contributed by atoms with Crippen molar-refractivity contribution in [3.8, 4) is 0 Å². The minimum Gasteiger partial charge on any atom is -0.369 e. The Morgan fingerprint density at radius 2 is 1.86 bits per heavy atom. The fourth-order valence-corrected chi connectivity index (χ4v) is 3.66. The van der Waals surface area contributed by atoms with Gasteiger partial charge in [-0.25, -0.2) is 4.39 Å². The zero-order valence-electron chi connectivity index (χ0n) is 12.9. The van der Waals surface area contributed by atoms with Gasteiger partial charge in [0.05, 0.1) is 0 Å². The first-order valence-electron chi connectivity index (χ1n) is 8.19. The van der Waals surface area contributed by atoms with Crippen molar-refractivity contribution in [1.82, 2.24) is 10.2 Å². The topological polar surface area (TPSA) is 18.5 Å². The molecule has 2 fully saturated rings. The summed E-state index contributed by atoms with van der Waals surface area (Å²) in [4.78, 5) is 4.94. The molecule has 2 heterocycles. The van der Waals surface area contributed by atoms with Gasteiger partial charge in [-0.05, 0) is 50.1 Å². The van der Waals surface area contributed by atoms with E-state index in [1.165, 1.54) is 32.4 Å². The maximum atomic E-state index is 13.0. The smallest absolute Gasteiger partial charge is 0.123 e. The number of hydrogen-bond acceptors (Lipinski definition) is 3. The minimum absolute atomic E-state index is 0.158. The molecule has 1 unspecified atom stereocenters. The van der Waals surface area contributed by atoms with Crippen LogP contribution in [0.25, 0.3) is 0 Å². The Hall–Kier alpha value is -1.13. The van der Waals surface area contributed by atoms with Crippen LogP contribution >= 0.6 is 0 Å². The number of halogens is 1. The quantitative estimate of drug-likeness (QED) is 0.919. The zero-order valence-corrected chi connectivity index (χ0v) is 12.9. The number of piperazine rings is 1. The predicted octanol–water partition coefficient (Wildman–Crippen LogP) is 2.48. The van der Waals surface area contributed by atoms with E-state index in [0.29, 0.717) is 5.54 Å². The average Bonchev–Trinajstić information content (AvgIpc) is 2.98. The van der Waals surface area contributed by atoms with Crippen molar-refractivity contribution in [2.45, 2.75) is 31.7 Å². The monoisotopic (exact) mass is 291 g/mol. The lowest BCUT2D eigenvalue weighted by atomic mass is 9.93. The maximum Gasteiger partial charge on any atom is 0.123 e. The highest BCUT2D eigenvalue weighted by Gasteiger charge is 2.34. The second-order valence-corrected chi connectivity index (χ2v) is 6.40. The number of hydrogen-bond donors (Lipinski definition) is 1. The van der Waals surface area contributed by atoms with Crippen molar-refractivity contribution >= 4 is 5.69 Å². The maximum absolute atomic E-state index is 13.0. The molecule has 1 aromatic carbocycles. The van der Waals surface area contributed by atoms with E-state index in [1.54, 1.807) is 12.1 Å². The zero-order chi connectivity index (χ0) is 14.7. The molecule has 2 saturated heterocycles. The first-order valence-corrected chi connectivity index (χ1v) is 8.19. The SMILES string of the molecule is CCC1(CN2CCN(c3ccc(F)cc3)CC2)CCCN1. The van der Waals surface area contributed by atoms with Gasteiger partial charge in [0, 0.05) is 44.0 Å². The third-order valence-electron chi connectivity index (χ3n) is 5.10. The van der Waals surface area contributed by atoms with E-state index in [2.05, 4.69) is 22.0 Å². The summed E-state index contributed by atoms with van der Waals surface area (Å²) in [5, 5.41) is 3.72. The third-order valence-corrected chi connectivity index (χ3v) is 5.10. The summed E-state index contributed by atoms with van der Waals surface area (Å²) in [5.41, 5.74) is 1.48. The van der Waals surface area contributed by atoms with Gasteiger partial charge in [-0.2, -0.15) is 0 Å². The van der Waals surface area contributed by atoms with E-state index < -0.39 is 0 Å². The van der Waals surface area contributed by atoms with E-state index in [-0.39, 0.29) is 5.82 Å². The number of anilines is 1. The Morgan fingerprint density at radius 3 is 2.43 bits per heavy atom. The van der Waals surface area contributed by atoms with Gasteiger partial charge >= 0.3 is 0 Å². The first-order chi connectivity index (χ1) is 10.2. The Morgan fingerprint density at radius 1 is 1.14 bits per heavy atom. The number of benzene rings is 1. The van der Waals surface area contributed by atoms with E-state index in [1.807, 2.05) is 12.1 Å². The third kappa shape index (κ3) is 3.38. The fourth-order valence-electron chi connectivity index (χ4n) is 3.66. The van der Waals surface area contributed by atoms with Crippen LogP contribution in [-0.2, 0) is 0 Å². The molecule has 0 bridgehead atoms. The molecule has 0 amide bonds. The summed E-state index contributed by atoms with van der Waals surface area (Å²) >= 11 is 0. The lowest BCUT2D eigenvalue weighted by Gasteiger charge is -2.41. The van der Waals surface area contributed by atoms with Gasteiger partial charge in [0.15, 0.2) is 0 Å². The summed E-state index contributed by atoms with van der Waals surface area (Å²) in [5.74, 6) is -0.158. The lowest BCUT2D eigenvalue weighted by Crippen LogP contribution is -2.55. The second kappa shape index (κ2) is 6.32. The van der Waals surface area contributed by atoms with Crippen LogP contribution in [0, 0.1) is 5.82 Å². The van der Waals surface area contributed by atoms with Crippen molar-refractivity contribution in [1.29, 1.82) is 0 Å². The van der Waals surface area contributed by atoms with E-state index in [0.717, 1.165) is 31.9 Å². The highest BCUT2D eigenvalue weighted by Crippen LogP contribution is 2.25. The van der Waals surface area contributed by atoms with Gasteiger partial charge < -0.3 is 10.2 Å². The van der Waals surface area contributed by atoms with Gasteiger partial charge in [0.2, 0.25) is 0 Å². The highest BCUT2D eigenvalue weighted by molar-refractivity contribution is 5.46. The molecule has 2 aliphatic heterocycles. The molecule has 0 radical (unpaired) electrons. The molecule has 3 rings (SSSR count). The van der Waals surface area contributed by atoms with Crippen LogP contribution in [0.2, 0.25) is 0 Å². The number of nitrogens with zero attached hydrogens (tertiary/aromatic N) is 2. The van der Waals surface area contributed by atoms with Gasteiger partial charge in [-0.15, -0.1) is 0 Å². The molecule has 0 saturated carbocycles. The molecular formula is C17H26FN3. The molecule has 21 heavy (non-hydrogen) atoms. The summed E-state index contributed by atoms with van der Waals surface area (Å²) in [6.07, 6.45) is 3.83. The molecule has 2 aliphatic rings. The normalized spacial score (nSPS) is 27.2. The van der Waals surface area contributed by atoms with Gasteiger partial charge in [-0.1, -0.05) is 6.92 Å². The second-order valence-electron chi connectivity index (χ2n) is 6.40. The molecule has 1 atom stereocenters. The number of rotatable bonds is 4. The molecule has 116 valence electrons. The average molecular weight is 291 g/mol. The lowest BCUT2D eigenvalue weighted by molar-refractivity contribution is 0.179.